The van der Waals surface area contributed by atoms with Gasteiger partial charge >= 0.3 is 0 Å². The minimum atomic E-state index is 0.692. The first kappa shape index (κ1) is 29.5. The predicted octanol–water partition coefficient (Wildman–Crippen LogP) is 12.6. The zero-order valence-corrected chi connectivity index (χ0v) is 29.9. The van der Waals surface area contributed by atoms with Crippen molar-refractivity contribution < 1.29 is 4.42 Å². The van der Waals surface area contributed by atoms with Gasteiger partial charge < -0.3 is 8.82 Å². The summed E-state index contributed by atoms with van der Waals surface area (Å²) in [7, 11) is 0. The molecular weight excluding hydrogens is 673 g/mol. The molecule has 0 aliphatic heterocycles. The first-order chi connectivity index (χ1) is 27.3. The van der Waals surface area contributed by atoms with E-state index in [-0.39, 0.29) is 0 Å². The molecule has 0 unspecified atom stereocenters. The highest BCUT2D eigenvalue weighted by Gasteiger charge is 2.32. The Balaban J connectivity index is 1.20. The van der Waals surface area contributed by atoms with Crippen molar-refractivity contribution in [2.45, 2.75) is 25.7 Å². The van der Waals surface area contributed by atoms with Gasteiger partial charge in [-0.3, -0.25) is 4.57 Å². The lowest BCUT2D eigenvalue weighted by Crippen LogP contribution is -2.10. The molecule has 5 heterocycles. The molecule has 55 heavy (non-hydrogen) atoms. The fraction of sp³-hybridized carbons (Fsp3) is 0.0800. The maximum Gasteiger partial charge on any atom is 0.197 e. The summed E-state index contributed by atoms with van der Waals surface area (Å²) in [5, 5.41) is 7.32. The van der Waals surface area contributed by atoms with Crippen LogP contribution in [0.1, 0.15) is 29.7 Å². The molecule has 2 aliphatic carbocycles. The van der Waals surface area contributed by atoms with Crippen LogP contribution in [0.3, 0.4) is 0 Å². The van der Waals surface area contributed by atoms with Crippen molar-refractivity contribution in [2.75, 3.05) is 0 Å². The van der Waals surface area contributed by atoms with E-state index < -0.39 is 0 Å². The van der Waals surface area contributed by atoms with Gasteiger partial charge in [-0.05, 0) is 78.3 Å². The van der Waals surface area contributed by atoms with E-state index in [9.17, 15) is 0 Å². The van der Waals surface area contributed by atoms with Gasteiger partial charge in [0.1, 0.15) is 11.1 Å². The number of hydrogen-bond donors (Lipinski definition) is 0. The number of rotatable bonds is 3. The summed E-state index contributed by atoms with van der Waals surface area (Å²) in [6.45, 7) is 0. The summed E-state index contributed by atoms with van der Waals surface area (Å²) < 4.78 is 11.7. The Morgan fingerprint density at radius 3 is 2.20 bits per heavy atom. The Kier molecular flexibility index (Phi) is 5.79. The highest BCUT2D eigenvalue weighted by atomic mass is 16.3. The van der Waals surface area contributed by atoms with Crippen LogP contribution in [0.25, 0.3) is 105 Å². The first-order valence-electron chi connectivity index (χ1n) is 19.3. The van der Waals surface area contributed by atoms with E-state index in [0.717, 1.165) is 59.1 Å². The van der Waals surface area contributed by atoms with E-state index >= 15 is 0 Å². The van der Waals surface area contributed by atoms with Crippen molar-refractivity contribution in [3.63, 3.8) is 0 Å². The van der Waals surface area contributed by atoms with Gasteiger partial charge in [0.2, 0.25) is 0 Å². The SMILES string of the molecule is C1=CCCC(c2ccc(-c3nc(-n4c5c(c6c7c8ccccc8n8c9ccccc9c(cc64)c78)-c4ccccc4CC5)c4oc5ccccc5c4n3)cc2)=C1. The maximum atomic E-state index is 6.81. The lowest BCUT2D eigenvalue weighted by atomic mass is 9.87. The van der Waals surface area contributed by atoms with Gasteiger partial charge in [-0.1, -0.05) is 115 Å². The molecule has 11 aromatic rings. The van der Waals surface area contributed by atoms with Crippen LogP contribution >= 0.6 is 0 Å². The Labute approximate surface area is 315 Å². The fourth-order valence-corrected chi connectivity index (χ4v) is 9.87. The lowest BCUT2D eigenvalue weighted by Gasteiger charge is -2.19. The molecule has 0 N–H and O–H groups in total. The summed E-state index contributed by atoms with van der Waals surface area (Å²) in [6, 6.07) is 46.2. The second kappa shape index (κ2) is 10.8. The highest BCUT2D eigenvalue weighted by Crippen LogP contribution is 2.51. The summed E-state index contributed by atoms with van der Waals surface area (Å²) in [5.74, 6) is 1.48. The molecule has 2 aliphatic rings. The van der Waals surface area contributed by atoms with Crippen LogP contribution in [-0.4, -0.2) is 18.9 Å². The summed E-state index contributed by atoms with van der Waals surface area (Å²) >= 11 is 0. The van der Waals surface area contributed by atoms with Gasteiger partial charge in [0.25, 0.3) is 0 Å². The van der Waals surface area contributed by atoms with Crippen molar-refractivity contribution in [1.29, 1.82) is 0 Å². The Bertz CT molecular complexity index is 3480. The molecule has 13 rings (SSSR count). The molecule has 258 valence electrons. The van der Waals surface area contributed by atoms with E-state index in [1.54, 1.807) is 0 Å². The van der Waals surface area contributed by atoms with Crippen LogP contribution in [0, 0.1) is 0 Å². The normalized spacial score (nSPS) is 14.3. The van der Waals surface area contributed by atoms with Crippen LogP contribution < -0.4 is 0 Å². The molecule has 5 aromatic heterocycles. The number of hydrogen-bond acceptors (Lipinski definition) is 3. The molecule has 0 radical (unpaired) electrons. The molecule has 0 saturated carbocycles. The third kappa shape index (κ3) is 3.92. The molecule has 0 saturated heterocycles. The third-order valence-electron chi connectivity index (χ3n) is 12.3. The van der Waals surface area contributed by atoms with Gasteiger partial charge in [-0.15, -0.1) is 0 Å². The molecule has 0 fully saturated rings. The molecule has 0 bridgehead atoms. The molecule has 5 heteroatoms. The van der Waals surface area contributed by atoms with Crippen molar-refractivity contribution in [2.24, 2.45) is 0 Å². The Hall–Kier alpha value is -6.98. The lowest BCUT2D eigenvalue weighted by molar-refractivity contribution is 0.660. The number of allylic oxidation sites excluding steroid dienone is 4. The highest BCUT2D eigenvalue weighted by molar-refractivity contribution is 6.33. The van der Waals surface area contributed by atoms with Gasteiger partial charge in [0.05, 0.1) is 22.1 Å². The van der Waals surface area contributed by atoms with Crippen molar-refractivity contribution in [3.8, 4) is 28.3 Å². The average Bonchev–Trinajstić information content (AvgIpc) is 3.99. The van der Waals surface area contributed by atoms with Gasteiger partial charge in [-0.25, -0.2) is 9.97 Å². The van der Waals surface area contributed by atoms with E-state index in [1.165, 1.54) is 77.0 Å². The number of nitrogens with zero attached hydrogens (tertiary/aromatic N) is 4. The smallest absolute Gasteiger partial charge is 0.197 e. The number of aryl methyl sites for hydroxylation is 1. The second-order valence-corrected chi connectivity index (χ2v) is 15.1. The summed E-state index contributed by atoms with van der Waals surface area (Å²) in [4.78, 5) is 10.8. The van der Waals surface area contributed by atoms with E-state index in [4.69, 9.17) is 14.4 Å². The Morgan fingerprint density at radius 2 is 1.35 bits per heavy atom. The molecule has 0 atom stereocenters. The molecule has 0 amide bonds. The monoisotopic (exact) mass is 704 g/mol. The van der Waals surface area contributed by atoms with Crippen molar-refractivity contribution in [1.82, 2.24) is 18.9 Å². The predicted molar refractivity (Wildman–Crippen MR) is 225 cm³/mol. The van der Waals surface area contributed by atoms with Crippen LogP contribution in [0.15, 0.2) is 150 Å². The van der Waals surface area contributed by atoms with Gasteiger partial charge in [0.15, 0.2) is 17.2 Å². The molecular formula is C50H32N4O. The van der Waals surface area contributed by atoms with Gasteiger partial charge in [0, 0.05) is 49.1 Å². The number of furan rings is 1. The number of fused-ring (bicyclic) bond motifs is 15. The zero-order valence-electron chi connectivity index (χ0n) is 29.9. The minimum absolute atomic E-state index is 0.692. The van der Waals surface area contributed by atoms with Crippen LogP contribution in [0.4, 0.5) is 0 Å². The largest absolute Gasteiger partial charge is 0.450 e. The number of benzene rings is 6. The van der Waals surface area contributed by atoms with E-state index in [2.05, 4.69) is 142 Å². The number of aromatic nitrogens is 4. The van der Waals surface area contributed by atoms with Gasteiger partial charge in [-0.2, -0.15) is 0 Å². The average molecular weight is 705 g/mol. The van der Waals surface area contributed by atoms with Crippen LogP contribution in [-0.2, 0) is 12.8 Å². The standard InChI is InChI=1S/C50H32N4O/c1-2-12-29(13-3-1)30-22-24-32(25-23-30)49-51-46-36-18-8-11-21-42(36)55-48(46)50(52-49)54-40-27-26-31-14-4-5-15-33(31)43(40)45-41(54)28-37-34-16-6-9-19-38(34)53-39-20-10-7-17-35(39)44(45)47(37)53/h1-2,4-12,14-25,28H,3,13,26-27H2. The van der Waals surface area contributed by atoms with E-state index in [1.807, 2.05) is 12.1 Å². The van der Waals surface area contributed by atoms with Crippen molar-refractivity contribution in [3.05, 3.63) is 162 Å². The number of para-hydroxylation sites is 3. The summed E-state index contributed by atoms with van der Waals surface area (Å²) in [5.41, 5.74) is 16.1. The first-order valence-corrected chi connectivity index (χ1v) is 19.3. The Morgan fingerprint density at radius 1 is 0.600 bits per heavy atom. The summed E-state index contributed by atoms with van der Waals surface area (Å²) in [6.07, 6.45) is 10.6. The molecule has 0 spiro atoms. The van der Waals surface area contributed by atoms with E-state index in [0.29, 0.717) is 11.4 Å². The second-order valence-electron chi connectivity index (χ2n) is 15.1. The molecule has 5 nitrogen and oxygen atoms in total. The fourth-order valence-electron chi connectivity index (χ4n) is 9.87. The van der Waals surface area contributed by atoms with Crippen molar-refractivity contribution >= 4 is 76.6 Å². The topological polar surface area (TPSA) is 48.3 Å². The zero-order chi connectivity index (χ0) is 35.8. The molecule has 6 aromatic carbocycles. The quantitative estimate of drug-likeness (QED) is 0.184. The van der Waals surface area contributed by atoms with Crippen LogP contribution in [0.5, 0.6) is 0 Å². The maximum absolute atomic E-state index is 6.81. The third-order valence-corrected chi connectivity index (χ3v) is 12.3. The minimum Gasteiger partial charge on any atom is -0.450 e. The van der Waals surface area contributed by atoms with Crippen LogP contribution in [0.2, 0.25) is 0 Å².